The van der Waals surface area contributed by atoms with Crippen LogP contribution in [0.3, 0.4) is 0 Å². The van der Waals surface area contributed by atoms with Crippen molar-refractivity contribution in [1.82, 2.24) is 19.7 Å². The molecule has 1 N–H and O–H groups in total. The minimum Gasteiger partial charge on any atom is -0.481 e. The van der Waals surface area contributed by atoms with E-state index in [1.807, 2.05) is 13.8 Å². The lowest BCUT2D eigenvalue weighted by Gasteiger charge is -2.26. The van der Waals surface area contributed by atoms with Gasteiger partial charge in [-0.1, -0.05) is 6.92 Å². The Balaban J connectivity index is 2.05. The Morgan fingerprint density at radius 3 is 2.95 bits per heavy atom. The Labute approximate surface area is 113 Å². The summed E-state index contributed by atoms with van der Waals surface area (Å²) in [6.07, 6.45) is 3.53. The van der Waals surface area contributed by atoms with Gasteiger partial charge in [0.05, 0.1) is 13.0 Å². The van der Waals surface area contributed by atoms with Crippen molar-refractivity contribution in [3.8, 4) is 0 Å². The molecule has 19 heavy (non-hydrogen) atoms. The van der Waals surface area contributed by atoms with Crippen molar-refractivity contribution in [1.29, 1.82) is 0 Å². The molecule has 1 atom stereocenters. The quantitative estimate of drug-likeness (QED) is 0.840. The maximum atomic E-state index is 10.8. The summed E-state index contributed by atoms with van der Waals surface area (Å²) in [6.45, 7) is 6.48. The van der Waals surface area contributed by atoms with Crippen molar-refractivity contribution in [2.75, 3.05) is 6.54 Å². The van der Waals surface area contributed by atoms with Crippen LogP contribution < -0.4 is 0 Å². The van der Waals surface area contributed by atoms with E-state index in [0.717, 1.165) is 31.2 Å². The Hall–Kier alpha value is -1.43. The molecule has 0 spiro atoms. The largest absolute Gasteiger partial charge is 0.481 e. The number of fused-ring (bicyclic) bond motifs is 1. The van der Waals surface area contributed by atoms with Crippen molar-refractivity contribution in [3.05, 3.63) is 11.6 Å². The molecule has 1 aliphatic heterocycles. The van der Waals surface area contributed by atoms with Crippen LogP contribution in [0.25, 0.3) is 0 Å². The van der Waals surface area contributed by atoms with Gasteiger partial charge in [0.25, 0.3) is 0 Å². The van der Waals surface area contributed by atoms with Gasteiger partial charge >= 0.3 is 5.97 Å². The van der Waals surface area contributed by atoms with Crippen LogP contribution in [0.1, 0.15) is 44.8 Å². The number of carboxylic acid groups (broad SMARTS) is 1. The lowest BCUT2D eigenvalue weighted by Crippen LogP contribution is -2.35. The molecule has 2 rings (SSSR count). The molecule has 2 heterocycles. The lowest BCUT2D eigenvalue weighted by molar-refractivity contribution is -0.138. The van der Waals surface area contributed by atoms with E-state index in [0.29, 0.717) is 6.54 Å². The van der Waals surface area contributed by atoms with Gasteiger partial charge in [-0.2, -0.15) is 0 Å². The topological polar surface area (TPSA) is 71.2 Å². The zero-order valence-electron chi connectivity index (χ0n) is 11.7. The monoisotopic (exact) mass is 266 g/mol. The van der Waals surface area contributed by atoms with Gasteiger partial charge in [-0.25, -0.2) is 0 Å². The second-order valence-electron chi connectivity index (χ2n) is 5.15. The van der Waals surface area contributed by atoms with Crippen LogP contribution in [-0.4, -0.2) is 43.3 Å². The number of aromatic nitrogens is 3. The van der Waals surface area contributed by atoms with E-state index in [-0.39, 0.29) is 12.5 Å². The van der Waals surface area contributed by atoms with Gasteiger partial charge in [-0.3, -0.25) is 9.69 Å². The van der Waals surface area contributed by atoms with Gasteiger partial charge in [0.15, 0.2) is 0 Å². The van der Waals surface area contributed by atoms with Gasteiger partial charge < -0.3 is 9.67 Å². The van der Waals surface area contributed by atoms with E-state index in [1.54, 1.807) is 0 Å². The van der Waals surface area contributed by atoms with Gasteiger partial charge in [-0.15, -0.1) is 10.2 Å². The summed E-state index contributed by atoms with van der Waals surface area (Å²) in [5.74, 6) is 1.28. The number of carboxylic acids is 1. The Kier molecular flexibility index (Phi) is 4.52. The van der Waals surface area contributed by atoms with Gasteiger partial charge in [0.1, 0.15) is 11.6 Å². The fourth-order valence-electron chi connectivity index (χ4n) is 2.63. The van der Waals surface area contributed by atoms with E-state index in [9.17, 15) is 4.79 Å². The highest BCUT2D eigenvalue weighted by Gasteiger charge is 2.21. The molecule has 106 valence electrons. The zero-order valence-corrected chi connectivity index (χ0v) is 11.7. The third-order valence-electron chi connectivity index (χ3n) is 3.78. The first-order valence-corrected chi connectivity index (χ1v) is 6.98. The third kappa shape index (κ3) is 3.32. The van der Waals surface area contributed by atoms with Crippen LogP contribution in [-0.2, 0) is 24.3 Å². The maximum Gasteiger partial charge on any atom is 0.304 e. The summed E-state index contributed by atoms with van der Waals surface area (Å²) < 4.78 is 2.19. The molecule has 1 aromatic rings. The van der Waals surface area contributed by atoms with Gasteiger partial charge in [-0.05, 0) is 26.3 Å². The number of aliphatic carboxylic acids is 1. The highest BCUT2D eigenvalue weighted by Crippen LogP contribution is 2.16. The minimum atomic E-state index is -0.755. The van der Waals surface area contributed by atoms with E-state index >= 15 is 0 Å². The molecule has 1 aliphatic rings. The molecular formula is C13H22N4O2. The first-order valence-electron chi connectivity index (χ1n) is 6.98. The molecule has 0 saturated carbocycles. The summed E-state index contributed by atoms with van der Waals surface area (Å²) in [4.78, 5) is 12.9. The smallest absolute Gasteiger partial charge is 0.304 e. The highest BCUT2D eigenvalue weighted by atomic mass is 16.4. The average molecular weight is 266 g/mol. The van der Waals surface area contributed by atoms with Crippen LogP contribution in [0.4, 0.5) is 0 Å². The van der Waals surface area contributed by atoms with Crippen LogP contribution in [0.2, 0.25) is 0 Å². The Bertz CT molecular complexity index is 444. The number of hydrogen-bond acceptors (Lipinski definition) is 4. The minimum absolute atomic E-state index is 0.0130. The molecule has 0 aromatic carbocycles. The van der Waals surface area contributed by atoms with E-state index in [1.165, 1.54) is 12.8 Å². The summed E-state index contributed by atoms with van der Waals surface area (Å²) in [7, 11) is 0. The molecule has 1 unspecified atom stereocenters. The highest BCUT2D eigenvalue weighted by molar-refractivity contribution is 5.67. The fourth-order valence-corrected chi connectivity index (χ4v) is 2.63. The Morgan fingerprint density at radius 2 is 2.26 bits per heavy atom. The lowest BCUT2D eigenvalue weighted by atomic mass is 10.1. The van der Waals surface area contributed by atoms with Crippen LogP contribution in [0, 0.1) is 0 Å². The van der Waals surface area contributed by atoms with Crippen molar-refractivity contribution >= 4 is 5.97 Å². The predicted molar refractivity (Wildman–Crippen MR) is 70.8 cm³/mol. The molecular weight excluding hydrogens is 244 g/mol. The second-order valence-corrected chi connectivity index (χ2v) is 5.15. The molecule has 6 heteroatoms. The van der Waals surface area contributed by atoms with Crippen molar-refractivity contribution in [2.45, 2.75) is 58.7 Å². The molecule has 0 bridgehead atoms. The second kappa shape index (κ2) is 6.14. The third-order valence-corrected chi connectivity index (χ3v) is 3.78. The van der Waals surface area contributed by atoms with Gasteiger partial charge in [0.2, 0.25) is 0 Å². The SMILES string of the molecule is CCN(Cc1nnc2n1CCCC2)C(C)CC(=O)O. The molecule has 1 aromatic heterocycles. The van der Waals surface area contributed by atoms with E-state index in [4.69, 9.17) is 5.11 Å². The van der Waals surface area contributed by atoms with E-state index in [2.05, 4.69) is 19.7 Å². The first kappa shape index (κ1) is 14.0. The van der Waals surface area contributed by atoms with Crippen molar-refractivity contribution < 1.29 is 9.90 Å². The zero-order chi connectivity index (χ0) is 13.8. The van der Waals surface area contributed by atoms with Crippen molar-refractivity contribution in [2.24, 2.45) is 0 Å². The first-order chi connectivity index (χ1) is 9.11. The maximum absolute atomic E-state index is 10.8. The van der Waals surface area contributed by atoms with Crippen LogP contribution in [0.15, 0.2) is 0 Å². The number of carbonyl (C=O) groups is 1. The molecule has 6 nitrogen and oxygen atoms in total. The number of hydrogen-bond donors (Lipinski definition) is 1. The standard InChI is InChI=1S/C13H22N4O2/c1-3-16(10(2)8-13(18)19)9-12-15-14-11-6-4-5-7-17(11)12/h10H,3-9H2,1-2H3,(H,18,19). The molecule has 0 aliphatic carbocycles. The van der Waals surface area contributed by atoms with Gasteiger partial charge in [0, 0.05) is 19.0 Å². The molecule has 0 radical (unpaired) electrons. The average Bonchev–Trinajstić information content (AvgIpc) is 2.78. The summed E-state index contributed by atoms with van der Waals surface area (Å²) in [5, 5.41) is 17.4. The summed E-state index contributed by atoms with van der Waals surface area (Å²) in [5.41, 5.74) is 0. The van der Waals surface area contributed by atoms with Crippen LogP contribution >= 0.6 is 0 Å². The number of aryl methyl sites for hydroxylation is 1. The van der Waals surface area contributed by atoms with E-state index < -0.39 is 5.97 Å². The molecule has 0 amide bonds. The summed E-state index contributed by atoms with van der Waals surface area (Å²) in [6, 6.07) is 0.0130. The molecule has 0 saturated heterocycles. The van der Waals surface area contributed by atoms with Crippen LogP contribution in [0.5, 0.6) is 0 Å². The van der Waals surface area contributed by atoms with Crippen molar-refractivity contribution in [3.63, 3.8) is 0 Å². The normalized spacial score (nSPS) is 16.4. The number of rotatable bonds is 6. The molecule has 0 fully saturated rings. The summed E-state index contributed by atoms with van der Waals surface area (Å²) >= 11 is 0. The Morgan fingerprint density at radius 1 is 1.47 bits per heavy atom. The predicted octanol–water partition coefficient (Wildman–Crippen LogP) is 1.30. The number of nitrogens with zero attached hydrogens (tertiary/aromatic N) is 4. The fraction of sp³-hybridized carbons (Fsp3) is 0.769.